The number of alkyl halides is 3. The molecule has 1 aliphatic rings. The van der Waals surface area contributed by atoms with Crippen LogP contribution in [0, 0.1) is 11.8 Å². The quantitative estimate of drug-likeness (QED) is 0.326. The van der Waals surface area contributed by atoms with Crippen LogP contribution in [-0.2, 0) is 30.4 Å². The second kappa shape index (κ2) is 10.5. The average Bonchev–Trinajstić information content (AvgIpc) is 2.69. The van der Waals surface area contributed by atoms with Crippen molar-refractivity contribution in [2.75, 3.05) is 20.3 Å². The van der Waals surface area contributed by atoms with Crippen molar-refractivity contribution in [1.29, 1.82) is 0 Å². The number of amides is 1. The lowest BCUT2D eigenvalue weighted by Crippen LogP contribution is -2.68. The number of β-lactam (4-membered cyclic amide) rings is 1. The third kappa shape index (κ3) is 6.88. The second-order valence-electron chi connectivity index (χ2n) is 8.33. The lowest BCUT2D eigenvalue weighted by Gasteiger charge is -2.48. The molecule has 3 atom stereocenters. The van der Waals surface area contributed by atoms with Gasteiger partial charge in [0.2, 0.25) is 9.70 Å². The molecule has 11 heteroatoms. The van der Waals surface area contributed by atoms with Gasteiger partial charge in [-0.3, -0.25) is 9.59 Å². The number of benzene rings is 1. The molecule has 0 spiro atoms. The molecule has 0 saturated carbocycles. The smallest absolute Gasteiger partial charge is 0.330 e. The van der Waals surface area contributed by atoms with Crippen LogP contribution in [0.15, 0.2) is 24.3 Å². The van der Waals surface area contributed by atoms with Gasteiger partial charge in [0.25, 0.3) is 0 Å². The number of likely N-dealkylation sites (tertiary alicyclic amines) is 1. The molecule has 8 nitrogen and oxygen atoms in total. The minimum absolute atomic E-state index is 0.102. The fourth-order valence-corrected chi connectivity index (χ4v) is 3.47. The van der Waals surface area contributed by atoms with E-state index in [4.69, 9.17) is 49.0 Å². The summed E-state index contributed by atoms with van der Waals surface area (Å²) in [5.41, 5.74) is -0.0815. The summed E-state index contributed by atoms with van der Waals surface area (Å²) in [6.45, 7) is 3.86. The predicted octanol–water partition coefficient (Wildman–Crippen LogP) is 2.89. The van der Waals surface area contributed by atoms with Crippen LogP contribution in [0.1, 0.15) is 26.3 Å². The van der Waals surface area contributed by atoms with Gasteiger partial charge in [0.15, 0.2) is 0 Å². The van der Waals surface area contributed by atoms with E-state index in [1.54, 1.807) is 45.0 Å². The standard InChI is InChI=1S/C21H26Cl3NO7/c1-20(2,3)32-19(29)16-15(14(10-26)18(28)31-11-21(22,23)24)17(27)25(16)9-12-5-7-13(30-4)8-6-12/h5-8,14-16,26H,9-11H2,1-4H3/t14-,15?,16?/m0/s1. The fourth-order valence-electron chi connectivity index (χ4n) is 3.30. The van der Waals surface area contributed by atoms with Gasteiger partial charge in [-0.2, -0.15) is 0 Å². The third-order valence-electron chi connectivity index (χ3n) is 4.72. The maximum atomic E-state index is 13.0. The highest BCUT2D eigenvalue weighted by Crippen LogP contribution is 2.37. The number of carbonyl (C=O) groups excluding carboxylic acids is 3. The van der Waals surface area contributed by atoms with Crippen LogP contribution in [0.5, 0.6) is 5.75 Å². The van der Waals surface area contributed by atoms with Gasteiger partial charge in [0.05, 0.1) is 25.6 Å². The Labute approximate surface area is 201 Å². The summed E-state index contributed by atoms with van der Waals surface area (Å²) in [7, 11) is 1.54. The Morgan fingerprint density at radius 3 is 2.22 bits per heavy atom. The number of hydrogen-bond acceptors (Lipinski definition) is 7. The van der Waals surface area contributed by atoms with Crippen molar-refractivity contribution in [3.8, 4) is 5.75 Å². The first-order chi connectivity index (χ1) is 14.8. The number of aliphatic hydroxyl groups excluding tert-OH is 1. The van der Waals surface area contributed by atoms with Gasteiger partial charge >= 0.3 is 11.9 Å². The predicted molar refractivity (Wildman–Crippen MR) is 118 cm³/mol. The summed E-state index contributed by atoms with van der Waals surface area (Å²) in [4.78, 5) is 39.7. The van der Waals surface area contributed by atoms with Crippen LogP contribution in [-0.4, -0.2) is 63.6 Å². The number of ether oxygens (including phenoxy) is 3. The van der Waals surface area contributed by atoms with Crippen LogP contribution in [0.4, 0.5) is 0 Å². The molecular formula is C21H26Cl3NO7. The molecule has 1 aliphatic heterocycles. The van der Waals surface area contributed by atoms with E-state index in [2.05, 4.69) is 0 Å². The van der Waals surface area contributed by atoms with Gasteiger partial charge in [-0.1, -0.05) is 46.9 Å². The van der Waals surface area contributed by atoms with Gasteiger partial charge in [-0.15, -0.1) is 0 Å². The van der Waals surface area contributed by atoms with Crippen molar-refractivity contribution in [2.24, 2.45) is 11.8 Å². The van der Waals surface area contributed by atoms with Gasteiger partial charge < -0.3 is 24.2 Å². The number of rotatable bonds is 8. The zero-order valence-corrected chi connectivity index (χ0v) is 20.4. The number of esters is 2. The molecule has 1 fully saturated rings. The maximum Gasteiger partial charge on any atom is 0.330 e. The SMILES string of the molecule is COc1ccc(CN2C(=O)C([C@H](CO)C(=O)OCC(Cl)(Cl)Cl)C2C(=O)OC(C)(C)C)cc1. The number of nitrogens with zero attached hydrogens (tertiary/aromatic N) is 1. The van der Waals surface area contributed by atoms with E-state index in [0.29, 0.717) is 5.75 Å². The van der Waals surface area contributed by atoms with Crippen LogP contribution in [0.25, 0.3) is 0 Å². The van der Waals surface area contributed by atoms with E-state index < -0.39 is 58.3 Å². The molecule has 2 rings (SSSR count). The van der Waals surface area contributed by atoms with E-state index in [1.807, 2.05) is 0 Å². The largest absolute Gasteiger partial charge is 0.497 e. The minimum atomic E-state index is -1.86. The van der Waals surface area contributed by atoms with Crippen molar-refractivity contribution in [3.05, 3.63) is 29.8 Å². The monoisotopic (exact) mass is 509 g/mol. The molecule has 1 heterocycles. The molecule has 0 aliphatic carbocycles. The van der Waals surface area contributed by atoms with E-state index >= 15 is 0 Å². The number of hydrogen-bond donors (Lipinski definition) is 1. The molecular weight excluding hydrogens is 485 g/mol. The summed E-state index contributed by atoms with van der Waals surface area (Å²) in [6.07, 6.45) is 0. The first-order valence-corrected chi connectivity index (χ1v) is 10.9. The van der Waals surface area contributed by atoms with Crippen molar-refractivity contribution >= 4 is 52.6 Å². The fraction of sp³-hybridized carbons (Fsp3) is 0.571. The summed E-state index contributed by atoms with van der Waals surface area (Å²) >= 11 is 16.8. The van der Waals surface area contributed by atoms with Gasteiger partial charge in [-0.05, 0) is 38.5 Å². The highest BCUT2D eigenvalue weighted by atomic mass is 35.6. The van der Waals surface area contributed by atoms with Crippen LogP contribution < -0.4 is 4.74 Å². The normalized spacial score (nSPS) is 19.8. The summed E-state index contributed by atoms with van der Waals surface area (Å²) in [6, 6.07) is 5.87. The maximum absolute atomic E-state index is 13.0. The zero-order valence-electron chi connectivity index (χ0n) is 18.1. The van der Waals surface area contributed by atoms with Gasteiger partial charge in [0, 0.05) is 6.54 Å². The molecule has 0 aromatic heterocycles. The van der Waals surface area contributed by atoms with Crippen LogP contribution in [0.2, 0.25) is 0 Å². The Bertz CT molecular complexity index is 833. The molecule has 1 saturated heterocycles. The molecule has 32 heavy (non-hydrogen) atoms. The van der Waals surface area contributed by atoms with E-state index in [0.717, 1.165) is 5.56 Å². The first kappa shape index (κ1) is 26.5. The molecule has 1 N–H and O–H groups in total. The Hall–Kier alpha value is -1.74. The number of halogens is 3. The minimum Gasteiger partial charge on any atom is -0.497 e. The van der Waals surface area contributed by atoms with E-state index in [-0.39, 0.29) is 6.54 Å². The van der Waals surface area contributed by atoms with Gasteiger partial charge in [0.1, 0.15) is 24.0 Å². The van der Waals surface area contributed by atoms with Crippen molar-refractivity contribution in [3.63, 3.8) is 0 Å². The van der Waals surface area contributed by atoms with Crippen LogP contribution in [0.3, 0.4) is 0 Å². The molecule has 2 unspecified atom stereocenters. The highest BCUT2D eigenvalue weighted by molar-refractivity contribution is 6.67. The second-order valence-corrected chi connectivity index (χ2v) is 10.8. The Balaban J connectivity index is 2.26. The lowest BCUT2D eigenvalue weighted by atomic mass is 9.77. The molecule has 1 aromatic carbocycles. The van der Waals surface area contributed by atoms with Crippen LogP contribution >= 0.6 is 34.8 Å². The Morgan fingerprint density at radius 1 is 1.16 bits per heavy atom. The first-order valence-electron chi connectivity index (χ1n) is 9.78. The molecule has 1 aromatic rings. The number of methoxy groups -OCH3 is 1. The zero-order chi connectivity index (χ0) is 24.3. The van der Waals surface area contributed by atoms with Crippen molar-refractivity contribution in [2.45, 2.75) is 42.8 Å². The average molecular weight is 511 g/mol. The third-order valence-corrected chi connectivity index (χ3v) is 5.04. The lowest BCUT2D eigenvalue weighted by molar-refractivity contribution is -0.189. The summed E-state index contributed by atoms with van der Waals surface area (Å²) < 4.78 is 13.7. The van der Waals surface area contributed by atoms with Gasteiger partial charge in [-0.25, -0.2) is 4.79 Å². The topological polar surface area (TPSA) is 102 Å². The Kier molecular flexibility index (Phi) is 8.67. The Morgan fingerprint density at radius 2 is 1.75 bits per heavy atom. The van der Waals surface area contributed by atoms with Crippen molar-refractivity contribution < 1.29 is 33.7 Å². The summed E-state index contributed by atoms with van der Waals surface area (Å²) in [5, 5.41) is 9.81. The highest BCUT2D eigenvalue weighted by Gasteiger charge is 2.58. The number of aliphatic hydroxyl groups is 1. The molecule has 178 valence electrons. The van der Waals surface area contributed by atoms with E-state index in [9.17, 15) is 19.5 Å². The molecule has 0 radical (unpaired) electrons. The molecule has 0 bridgehead atoms. The summed E-state index contributed by atoms with van der Waals surface area (Å²) in [5.74, 6) is -3.99. The van der Waals surface area contributed by atoms with Crippen molar-refractivity contribution in [1.82, 2.24) is 4.90 Å². The molecule has 1 amide bonds. The van der Waals surface area contributed by atoms with E-state index in [1.165, 1.54) is 12.0 Å². The number of carbonyl (C=O) groups is 3.